The number of nitrogens with zero attached hydrogens (tertiary/aromatic N) is 4. The van der Waals surface area contributed by atoms with Gasteiger partial charge in [0.1, 0.15) is 22.4 Å². The number of amides is 1. The third-order valence-electron chi connectivity index (χ3n) is 11.2. The number of aromatic nitrogens is 2. The highest BCUT2D eigenvalue weighted by Crippen LogP contribution is 2.45. The van der Waals surface area contributed by atoms with E-state index in [4.69, 9.17) is 4.98 Å². The first-order valence-corrected chi connectivity index (χ1v) is 19.0. The molecule has 3 aliphatic heterocycles. The molecule has 0 aliphatic carbocycles. The molecular formula is C38H45F2N5O3S. The fourth-order valence-corrected chi connectivity index (χ4v) is 10.2. The van der Waals surface area contributed by atoms with Gasteiger partial charge in [0, 0.05) is 43.3 Å². The molecule has 0 saturated carbocycles. The number of carbonyl (C=O) groups is 1. The van der Waals surface area contributed by atoms with Crippen molar-refractivity contribution in [2.45, 2.75) is 100 Å². The zero-order valence-electron chi connectivity index (χ0n) is 28.4. The number of rotatable bonds is 9. The summed E-state index contributed by atoms with van der Waals surface area (Å²) in [5.74, 6) is -1.84. The summed E-state index contributed by atoms with van der Waals surface area (Å²) < 4.78 is 60.0. The van der Waals surface area contributed by atoms with Gasteiger partial charge < -0.3 is 9.47 Å². The quantitative estimate of drug-likeness (QED) is 0.210. The first-order chi connectivity index (χ1) is 23.5. The molecule has 0 unspecified atom stereocenters. The molecule has 3 atom stereocenters. The van der Waals surface area contributed by atoms with E-state index in [0.717, 1.165) is 43.2 Å². The number of fused-ring (bicyclic) bond motifs is 3. The highest BCUT2D eigenvalue weighted by molar-refractivity contribution is 7.89. The second kappa shape index (κ2) is 13.2. The fourth-order valence-electron chi connectivity index (χ4n) is 8.85. The Balaban J connectivity index is 1.07. The number of imidazole rings is 1. The Hall–Kier alpha value is -3.67. The minimum Gasteiger partial charge on any atom is -0.338 e. The van der Waals surface area contributed by atoms with Crippen molar-refractivity contribution >= 4 is 27.0 Å². The van der Waals surface area contributed by atoms with Gasteiger partial charge in [0.05, 0.1) is 16.6 Å². The summed E-state index contributed by atoms with van der Waals surface area (Å²) in [4.78, 5) is 22.1. The highest BCUT2D eigenvalue weighted by Gasteiger charge is 2.44. The van der Waals surface area contributed by atoms with Crippen LogP contribution in [0.2, 0.25) is 0 Å². The molecule has 3 fully saturated rings. The molecule has 0 radical (unpaired) electrons. The number of para-hydroxylation sites is 2. The third kappa shape index (κ3) is 6.41. The van der Waals surface area contributed by atoms with Gasteiger partial charge >= 0.3 is 0 Å². The number of likely N-dealkylation sites (tertiary alicyclic amines) is 1. The van der Waals surface area contributed by atoms with Gasteiger partial charge in [-0.1, -0.05) is 42.5 Å². The Morgan fingerprint density at radius 1 is 0.939 bits per heavy atom. The van der Waals surface area contributed by atoms with E-state index in [2.05, 4.69) is 63.6 Å². The molecule has 11 heteroatoms. The minimum atomic E-state index is -4.27. The maximum Gasteiger partial charge on any atom is 0.256 e. The van der Waals surface area contributed by atoms with Gasteiger partial charge in [-0.25, -0.2) is 26.9 Å². The van der Waals surface area contributed by atoms with Gasteiger partial charge in [-0.2, -0.15) is 0 Å². The number of hydrogen-bond donors (Lipinski definition) is 1. The molecule has 4 aromatic rings. The van der Waals surface area contributed by atoms with Crippen LogP contribution < -0.4 is 4.72 Å². The van der Waals surface area contributed by atoms with Crippen molar-refractivity contribution in [1.29, 1.82) is 0 Å². The summed E-state index contributed by atoms with van der Waals surface area (Å²) in [6.07, 6.45) is 6.92. The number of carbonyl (C=O) groups excluding carboxylic acids is 1. The maximum absolute atomic E-state index is 15.0. The van der Waals surface area contributed by atoms with Crippen molar-refractivity contribution in [2.75, 3.05) is 19.6 Å². The van der Waals surface area contributed by atoms with E-state index in [0.29, 0.717) is 50.1 Å². The Morgan fingerprint density at radius 2 is 1.59 bits per heavy atom. The van der Waals surface area contributed by atoms with E-state index >= 15 is 4.39 Å². The second-order valence-electron chi connectivity index (χ2n) is 14.5. The van der Waals surface area contributed by atoms with Crippen molar-refractivity contribution in [3.63, 3.8) is 0 Å². The minimum absolute atomic E-state index is 0.164. The molecule has 7 rings (SSSR count). The predicted molar refractivity (Wildman–Crippen MR) is 186 cm³/mol. The molecule has 260 valence electrons. The smallest absolute Gasteiger partial charge is 0.256 e. The average Bonchev–Trinajstić information content (AvgIpc) is 3.53. The van der Waals surface area contributed by atoms with Crippen LogP contribution in [-0.2, 0) is 15.4 Å². The zero-order valence-corrected chi connectivity index (χ0v) is 29.2. The summed E-state index contributed by atoms with van der Waals surface area (Å²) in [7, 11) is -4.27. The van der Waals surface area contributed by atoms with Crippen LogP contribution in [0, 0.1) is 18.6 Å². The van der Waals surface area contributed by atoms with Crippen LogP contribution in [0.5, 0.6) is 0 Å². The Labute approximate surface area is 287 Å². The average molecular weight is 690 g/mol. The number of sulfonamides is 1. The van der Waals surface area contributed by atoms with Gasteiger partial charge in [-0.15, -0.1) is 0 Å². The van der Waals surface area contributed by atoms with Gasteiger partial charge in [0.25, 0.3) is 5.91 Å². The number of aryl methyl sites for hydroxylation is 1. The van der Waals surface area contributed by atoms with Crippen molar-refractivity contribution < 1.29 is 22.0 Å². The topological polar surface area (TPSA) is 87.5 Å². The molecule has 1 N–H and O–H groups in total. The van der Waals surface area contributed by atoms with Crippen molar-refractivity contribution in [3.05, 3.63) is 95.3 Å². The number of hydrogen-bond acceptors (Lipinski definition) is 5. The first kappa shape index (κ1) is 33.8. The largest absolute Gasteiger partial charge is 0.338 e. The molecule has 0 spiro atoms. The van der Waals surface area contributed by atoms with Crippen molar-refractivity contribution in [3.8, 4) is 0 Å². The summed E-state index contributed by atoms with van der Waals surface area (Å²) in [5, 5.41) is 0. The van der Waals surface area contributed by atoms with Gasteiger partial charge in [-0.05, 0) is 101 Å². The number of benzene rings is 3. The number of halogens is 2. The lowest BCUT2D eigenvalue weighted by molar-refractivity contribution is 0.0602. The summed E-state index contributed by atoms with van der Waals surface area (Å²) in [6, 6.07) is 21.2. The van der Waals surface area contributed by atoms with Crippen molar-refractivity contribution in [2.24, 2.45) is 0 Å². The van der Waals surface area contributed by atoms with Crippen LogP contribution in [0.25, 0.3) is 11.0 Å². The molecule has 49 heavy (non-hydrogen) atoms. The fraction of sp³-hybridized carbons (Fsp3) is 0.474. The van der Waals surface area contributed by atoms with Gasteiger partial charge in [-0.3, -0.25) is 9.69 Å². The zero-order chi connectivity index (χ0) is 34.5. The molecule has 3 aliphatic rings. The van der Waals surface area contributed by atoms with Gasteiger partial charge in [0.15, 0.2) is 0 Å². The highest BCUT2D eigenvalue weighted by atomic mass is 32.2. The Morgan fingerprint density at radius 3 is 2.27 bits per heavy atom. The number of nitrogens with one attached hydrogen (secondary N) is 1. The van der Waals surface area contributed by atoms with E-state index in [-0.39, 0.29) is 5.41 Å². The first-order valence-electron chi connectivity index (χ1n) is 17.5. The molecule has 1 aromatic heterocycles. The van der Waals surface area contributed by atoms with E-state index in [9.17, 15) is 17.6 Å². The maximum atomic E-state index is 15.0. The van der Waals surface area contributed by atoms with Crippen LogP contribution in [0.3, 0.4) is 0 Å². The Kier molecular flexibility index (Phi) is 9.13. The van der Waals surface area contributed by atoms with Crippen LogP contribution in [0.1, 0.15) is 86.6 Å². The molecule has 2 bridgehead atoms. The molecule has 4 heterocycles. The van der Waals surface area contributed by atoms with Crippen LogP contribution >= 0.6 is 0 Å². The predicted octanol–water partition coefficient (Wildman–Crippen LogP) is 6.74. The standard InChI is InChI=1S/C38H45F2N5O3S/c1-25(2)42-49(47,48)36-23-31(32(39)24-33(36)40)37(46)43-18-15-38(16-19-43,27-9-5-4-6-10-27)17-20-44-28-13-14-29(44)22-30(21-28)45-26(3)41-34-11-7-8-12-35(34)45/h4-12,23-25,28-30,42H,13-22H2,1-3H3/t28-,29+,30+. The number of piperidine rings is 2. The van der Waals surface area contributed by atoms with Gasteiger partial charge in [0.2, 0.25) is 10.0 Å². The van der Waals surface area contributed by atoms with E-state index in [1.165, 1.54) is 23.9 Å². The third-order valence-corrected chi connectivity index (χ3v) is 12.8. The molecule has 3 saturated heterocycles. The second-order valence-corrected chi connectivity index (χ2v) is 16.2. The molecular weight excluding hydrogens is 645 g/mol. The summed E-state index contributed by atoms with van der Waals surface area (Å²) in [6.45, 7) is 7.07. The summed E-state index contributed by atoms with van der Waals surface area (Å²) in [5.41, 5.74) is 2.92. The summed E-state index contributed by atoms with van der Waals surface area (Å²) >= 11 is 0. The van der Waals surface area contributed by atoms with Crippen LogP contribution in [0.15, 0.2) is 71.6 Å². The molecule has 8 nitrogen and oxygen atoms in total. The normalized spacial score (nSPS) is 22.7. The SMILES string of the molecule is Cc1nc2ccccc2n1[C@H]1C[C@H]2CC[C@@H](C1)N2CCC1(c2ccccc2)CCN(C(=O)c2cc(S(=O)(=O)NC(C)C)c(F)cc2F)CC1. The van der Waals surface area contributed by atoms with E-state index < -0.39 is 44.1 Å². The lowest BCUT2D eigenvalue weighted by atomic mass is 9.70. The molecule has 1 amide bonds. The van der Waals surface area contributed by atoms with E-state index in [1.807, 2.05) is 12.1 Å². The van der Waals surface area contributed by atoms with Crippen molar-refractivity contribution in [1.82, 2.24) is 24.1 Å². The Bertz CT molecular complexity index is 1940. The van der Waals surface area contributed by atoms with Crippen LogP contribution in [-0.4, -0.2) is 71.4 Å². The lowest BCUT2D eigenvalue weighted by Gasteiger charge is -2.45. The molecule has 3 aromatic carbocycles. The van der Waals surface area contributed by atoms with E-state index in [1.54, 1.807) is 18.7 Å². The lowest BCUT2D eigenvalue weighted by Crippen LogP contribution is -2.49. The van der Waals surface area contributed by atoms with Crippen LogP contribution in [0.4, 0.5) is 8.78 Å². The monoisotopic (exact) mass is 689 g/mol.